The zero-order chi connectivity index (χ0) is 17.9. The van der Waals surface area contributed by atoms with E-state index in [4.69, 9.17) is 10.2 Å². The average Bonchev–Trinajstić information content (AvgIpc) is 2.53. The highest BCUT2D eigenvalue weighted by Gasteiger charge is 1.98. The normalized spacial score (nSPS) is 9.29. The largest absolute Gasteiger partial charge is 0.481 e. The molecular formula is C20H38N4O4. The first-order valence-electron chi connectivity index (χ1n) is 10.1. The Bertz CT molecular complexity index is 289. The SMILES string of the molecule is O=C(O)CCCCCCCCCCCCCCCCCCC(=O)O.[N].[N].[N].[N]. The van der Waals surface area contributed by atoms with E-state index in [0.29, 0.717) is 12.8 Å². The second-order valence-corrected chi connectivity index (χ2v) is 6.94. The topological polar surface area (TPSA) is 197 Å². The fourth-order valence-corrected chi connectivity index (χ4v) is 3.03. The van der Waals surface area contributed by atoms with Crippen LogP contribution in [0.4, 0.5) is 0 Å². The Balaban J connectivity index is -0.000000441. The van der Waals surface area contributed by atoms with Crippen molar-refractivity contribution in [2.24, 2.45) is 0 Å². The van der Waals surface area contributed by atoms with Crippen molar-refractivity contribution in [1.29, 1.82) is 0 Å². The molecule has 0 aliphatic carbocycles. The first-order chi connectivity index (χ1) is 11.6. The van der Waals surface area contributed by atoms with Gasteiger partial charge in [0, 0.05) is 37.4 Å². The fraction of sp³-hybridized carbons (Fsp3) is 0.900. The average molecular weight is 399 g/mol. The summed E-state index contributed by atoms with van der Waals surface area (Å²) in [4.78, 5) is 20.7. The quantitative estimate of drug-likeness (QED) is 0.306. The third kappa shape index (κ3) is 35.8. The third-order valence-electron chi connectivity index (χ3n) is 4.53. The Kier molecular flexibility index (Phi) is 40.9. The van der Waals surface area contributed by atoms with Gasteiger partial charge in [-0.1, -0.05) is 89.9 Å². The smallest absolute Gasteiger partial charge is 0.303 e. The summed E-state index contributed by atoms with van der Waals surface area (Å²) in [5, 5.41) is 17.1. The van der Waals surface area contributed by atoms with Gasteiger partial charge in [-0.25, -0.2) is 0 Å². The monoisotopic (exact) mass is 398 g/mol. The van der Waals surface area contributed by atoms with Crippen LogP contribution in [0.15, 0.2) is 0 Å². The Hall–Kier alpha value is -1.22. The number of hydrogen-bond acceptors (Lipinski definition) is 2. The molecule has 0 unspecified atom stereocenters. The number of nitrogens with zero attached hydrogens (tertiary/aromatic N) is 4. The summed E-state index contributed by atoms with van der Waals surface area (Å²) in [5.74, 6) is -1.35. The second kappa shape index (κ2) is 30.5. The van der Waals surface area contributed by atoms with Crippen molar-refractivity contribution in [3.8, 4) is 0 Å². The van der Waals surface area contributed by atoms with Gasteiger partial charge >= 0.3 is 11.9 Å². The number of aliphatic carboxylic acids is 2. The molecule has 0 fully saturated rings. The predicted octanol–water partition coefficient (Wildman–Crippen LogP) is 4.26. The predicted molar refractivity (Wildman–Crippen MR) is 107 cm³/mol. The molecule has 162 valence electrons. The fourth-order valence-electron chi connectivity index (χ4n) is 3.03. The highest BCUT2D eigenvalue weighted by Crippen LogP contribution is 2.14. The maximum atomic E-state index is 10.4. The molecule has 0 saturated heterocycles. The number of carboxylic acid groups (broad SMARTS) is 2. The lowest BCUT2D eigenvalue weighted by Gasteiger charge is -2.03. The molecule has 0 aliphatic rings. The molecule has 8 nitrogen and oxygen atoms in total. The molecule has 0 amide bonds. The minimum Gasteiger partial charge on any atom is -0.481 e. The van der Waals surface area contributed by atoms with Gasteiger partial charge in [0.2, 0.25) is 0 Å². The van der Waals surface area contributed by atoms with Gasteiger partial charge in [-0.2, -0.15) is 0 Å². The summed E-state index contributed by atoms with van der Waals surface area (Å²) in [5.41, 5.74) is 0. The van der Waals surface area contributed by atoms with Crippen LogP contribution >= 0.6 is 0 Å². The van der Waals surface area contributed by atoms with Gasteiger partial charge in [0.15, 0.2) is 0 Å². The maximum Gasteiger partial charge on any atom is 0.303 e. The van der Waals surface area contributed by atoms with E-state index in [9.17, 15) is 9.59 Å². The lowest BCUT2D eigenvalue weighted by Crippen LogP contribution is -1.93. The molecule has 12 radical (unpaired) electrons. The number of carbonyl (C=O) groups is 2. The number of rotatable bonds is 19. The van der Waals surface area contributed by atoms with Crippen LogP contribution in [0.25, 0.3) is 0 Å². The van der Waals surface area contributed by atoms with Gasteiger partial charge < -0.3 is 10.2 Å². The van der Waals surface area contributed by atoms with Crippen LogP contribution in [0.5, 0.6) is 0 Å². The van der Waals surface area contributed by atoms with Crippen molar-refractivity contribution in [2.45, 2.75) is 116 Å². The highest BCUT2D eigenvalue weighted by atomic mass is 16.4. The molecule has 0 rings (SSSR count). The lowest BCUT2D eigenvalue weighted by molar-refractivity contribution is -0.138. The molecule has 8 heteroatoms. The Labute approximate surface area is 172 Å². The lowest BCUT2D eigenvalue weighted by atomic mass is 10.0. The van der Waals surface area contributed by atoms with Crippen LogP contribution < -0.4 is 24.6 Å². The van der Waals surface area contributed by atoms with Crippen LogP contribution in [0, 0.1) is 0 Å². The standard InChI is InChI=1S/C20H38O4.4N/c21-19(22)17-15-13-11-9-7-5-3-1-2-4-6-8-10-12-14-16-18-20(23)24;;;;/h1-18H2,(H,21,22)(H,23,24);;;;. The zero-order valence-corrected chi connectivity index (χ0v) is 17.2. The summed E-state index contributed by atoms with van der Waals surface area (Å²) >= 11 is 0. The van der Waals surface area contributed by atoms with E-state index in [1.54, 1.807) is 0 Å². The third-order valence-corrected chi connectivity index (χ3v) is 4.53. The first kappa shape index (κ1) is 37.5. The molecule has 0 atom stereocenters. The van der Waals surface area contributed by atoms with Crippen LogP contribution in [0.1, 0.15) is 116 Å². The minimum atomic E-state index is -0.673. The molecule has 0 aromatic rings. The van der Waals surface area contributed by atoms with E-state index in [-0.39, 0.29) is 24.6 Å². The van der Waals surface area contributed by atoms with Gasteiger partial charge in [0.1, 0.15) is 0 Å². The van der Waals surface area contributed by atoms with E-state index < -0.39 is 11.9 Å². The Morgan fingerprint density at radius 2 is 0.500 bits per heavy atom. The van der Waals surface area contributed by atoms with Crippen molar-refractivity contribution in [1.82, 2.24) is 24.6 Å². The second-order valence-electron chi connectivity index (χ2n) is 6.94. The van der Waals surface area contributed by atoms with Crippen molar-refractivity contribution in [3.05, 3.63) is 0 Å². The van der Waals surface area contributed by atoms with Gasteiger partial charge in [-0.05, 0) is 12.8 Å². The van der Waals surface area contributed by atoms with Crippen molar-refractivity contribution in [2.75, 3.05) is 0 Å². The molecule has 0 aliphatic heterocycles. The molecule has 28 heavy (non-hydrogen) atoms. The van der Waals surface area contributed by atoms with Gasteiger partial charge in [0.25, 0.3) is 0 Å². The van der Waals surface area contributed by atoms with E-state index in [0.717, 1.165) is 25.7 Å². The van der Waals surface area contributed by atoms with E-state index in [2.05, 4.69) is 0 Å². The van der Waals surface area contributed by atoms with E-state index in [1.165, 1.54) is 77.0 Å². The zero-order valence-electron chi connectivity index (χ0n) is 17.2. The first-order valence-corrected chi connectivity index (χ1v) is 10.1. The Morgan fingerprint density at radius 1 is 0.357 bits per heavy atom. The molecule has 2 N–H and O–H groups in total. The molecule has 0 spiro atoms. The van der Waals surface area contributed by atoms with E-state index >= 15 is 0 Å². The molecule has 0 heterocycles. The summed E-state index contributed by atoms with van der Waals surface area (Å²) in [7, 11) is 0. The Morgan fingerprint density at radius 3 is 0.643 bits per heavy atom. The van der Waals surface area contributed by atoms with Gasteiger partial charge in [0.05, 0.1) is 0 Å². The maximum absolute atomic E-state index is 10.4. The summed E-state index contributed by atoms with van der Waals surface area (Å²) < 4.78 is 0. The summed E-state index contributed by atoms with van der Waals surface area (Å²) in [6.07, 6.45) is 19.9. The van der Waals surface area contributed by atoms with Crippen LogP contribution in [0.3, 0.4) is 0 Å². The summed E-state index contributed by atoms with van der Waals surface area (Å²) in [6, 6.07) is 0. The molecule has 0 saturated carbocycles. The molecule has 0 bridgehead atoms. The molecular weight excluding hydrogens is 360 g/mol. The molecule has 0 aromatic heterocycles. The van der Waals surface area contributed by atoms with Crippen LogP contribution in [-0.4, -0.2) is 22.2 Å². The van der Waals surface area contributed by atoms with Gasteiger partial charge in [-0.3, -0.25) is 9.59 Å². The number of unbranched alkanes of at least 4 members (excludes halogenated alkanes) is 15. The van der Waals surface area contributed by atoms with Crippen molar-refractivity contribution in [3.63, 3.8) is 0 Å². The number of hydrogen-bond donors (Lipinski definition) is 2. The molecule has 0 aromatic carbocycles. The van der Waals surface area contributed by atoms with Crippen molar-refractivity contribution >= 4 is 11.9 Å². The summed E-state index contributed by atoms with van der Waals surface area (Å²) in [6.45, 7) is 0. The van der Waals surface area contributed by atoms with E-state index in [1.807, 2.05) is 0 Å². The minimum absolute atomic E-state index is 0. The van der Waals surface area contributed by atoms with Crippen molar-refractivity contribution < 1.29 is 19.8 Å². The highest BCUT2D eigenvalue weighted by molar-refractivity contribution is 5.66. The van der Waals surface area contributed by atoms with Crippen LogP contribution in [0.2, 0.25) is 0 Å². The number of carboxylic acids is 2. The van der Waals surface area contributed by atoms with Gasteiger partial charge in [-0.15, -0.1) is 0 Å². The van der Waals surface area contributed by atoms with Crippen LogP contribution in [-0.2, 0) is 9.59 Å².